The number of likely N-dealkylation sites (N-methyl/N-ethyl adjacent to an activating group) is 1. The molecular weight excluding hydrogens is 294 g/mol. The van der Waals surface area contributed by atoms with E-state index in [4.69, 9.17) is 0 Å². The van der Waals surface area contributed by atoms with Crippen molar-refractivity contribution in [3.8, 4) is 0 Å². The molecule has 1 aliphatic heterocycles. The molecule has 6 nitrogen and oxygen atoms in total. The van der Waals surface area contributed by atoms with Gasteiger partial charge in [-0.05, 0) is 57.3 Å². The van der Waals surface area contributed by atoms with Gasteiger partial charge in [-0.15, -0.1) is 0 Å². The van der Waals surface area contributed by atoms with Gasteiger partial charge in [0.2, 0.25) is 5.91 Å². The Balaban J connectivity index is 1.61. The summed E-state index contributed by atoms with van der Waals surface area (Å²) in [5.41, 5.74) is -0.809. The van der Waals surface area contributed by atoms with Crippen LogP contribution in [0.5, 0.6) is 0 Å². The van der Waals surface area contributed by atoms with Crippen molar-refractivity contribution in [1.82, 2.24) is 15.1 Å². The van der Waals surface area contributed by atoms with Crippen molar-refractivity contribution in [1.29, 1.82) is 0 Å². The van der Waals surface area contributed by atoms with Crippen molar-refractivity contribution < 1.29 is 14.4 Å². The number of carbonyl (C=O) groups is 3. The average Bonchev–Trinajstić information content (AvgIpc) is 3.33. The van der Waals surface area contributed by atoms with Crippen molar-refractivity contribution >= 4 is 17.8 Å². The molecule has 1 saturated heterocycles. The summed E-state index contributed by atoms with van der Waals surface area (Å²) in [6.45, 7) is 3.88. The minimum atomic E-state index is -0.809. The maximum absolute atomic E-state index is 12.6. The van der Waals surface area contributed by atoms with Gasteiger partial charge in [-0.3, -0.25) is 14.5 Å². The Morgan fingerprint density at radius 3 is 2.39 bits per heavy atom. The van der Waals surface area contributed by atoms with Crippen LogP contribution in [-0.4, -0.2) is 52.8 Å². The molecule has 1 N–H and O–H groups in total. The third kappa shape index (κ3) is 2.95. The second-order valence-electron chi connectivity index (χ2n) is 7.72. The standard InChI is InChI=1S/C17H27N3O3/c1-11-4-8-13(9-5-11)19(3)14(21)10-20-15(22)17(2,12-6-7-12)18-16(20)23/h11-13H,4-10H2,1-3H3,(H,18,23)/t11?,13?,17-/m0/s1. The zero-order chi connectivity index (χ0) is 16.8. The second-order valence-corrected chi connectivity index (χ2v) is 7.72. The lowest BCUT2D eigenvalue weighted by molar-refractivity contribution is -0.139. The quantitative estimate of drug-likeness (QED) is 0.802. The van der Waals surface area contributed by atoms with Crippen LogP contribution in [0.1, 0.15) is 52.4 Å². The van der Waals surface area contributed by atoms with Crippen LogP contribution in [0.3, 0.4) is 0 Å². The SMILES string of the molecule is CC1CCC(N(C)C(=O)CN2C(=O)N[C@@](C)(C3CC3)C2=O)CC1. The van der Waals surface area contributed by atoms with Crippen LogP contribution in [0.25, 0.3) is 0 Å². The number of hydrogen-bond donors (Lipinski definition) is 1. The van der Waals surface area contributed by atoms with Gasteiger partial charge in [0, 0.05) is 13.1 Å². The van der Waals surface area contributed by atoms with Gasteiger partial charge in [0.1, 0.15) is 12.1 Å². The first kappa shape index (κ1) is 16.3. The van der Waals surface area contributed by atoms with Gasteiger partial charge < -0.3 is 10.2 Å². The molecule has 0 aromatic rings. The van der Waals surface area contributed by atoms with Gasteiger partial charge >= 0.3 is 6.03 Å². The number of hydrogen-bond acceptors (Lipinski definition) is 3. The number of urea groups is 1. The number of nitrogens with zero attached hydrogens (tertiary/aromatic N) is 2. The van der Waals surface area contributed by atoms with E-state index in [2.05, 4.69) is 12.2 Å². The Morgan fingerprint density at radius 1 is 1.22 bits per heavy atom. The average molecular weight is 321 g/mol. The van der Waals surface area contributed by atoms with Gasteiger partial charge in [-0.1, -0.05) is 6.92 Å². The Labute approximate surface area is 137 Å². The smallest absolute Gasteiger partial charge is 0.325 e. The van der Waals surface area contributed by atoms with Crippen molar-refractivity contribution in [2.75, 3.05) is 13.6 Å². The van der Waals surface area contributed by atoms with Gasteiger partial charge in [0.05, 0.1) is 0 Å². The molecule has 3 rings (SSSR count). The summed E-state index contributed by atoms with van der Waals surface area (Å²) in [5, 5.41) is 2.79. The molecule has 0 bridgehead atoms. The zero-order valence-corrected chi connectivity index (χ0v) is 14.3. The number of amides is 4. The highest BCUT2D eigenvalue weighted by molar-refractivity contribution is 6.09. The monoisotopic (exact) mass is 321 g/mol. The van der Waals surface area contributed by atoms with Crippen molar-refractivity contribution in [3.63, 3.8) is 0 Å². The summed E-state index contributed by atoms with van der Waals surface area (Å²) in [7, 11) is 1.79. The lowest BCUT2D eigenvalue weighted by atomic mass is 9.87. The van der Waals surface area contributed by atoms with Gasteiger partial charge in [0.15, 0.2) is 0 Å². The lowest BCUT2D eigenvalue weighted by Gasteiger charge is -2.34. The molecule has 0 unspecified atom stereocenters. The predicted octanol–water partition coefficient (Wildman–Crippen LogP) is 1.74. The highest BCUT2D eigenvalue weighted by Crippen LogP contribution is 2.42. The molecular formula is C17H27N3O3. The fourth-order valence-electron chi connectivity index (χ4n) is 3.88. The molecule has 1 atom stereocenters. The van der Waals surface area contributed by atoms with Crippen LogP contribution in [-0.2, 0) is 9.59 Å². The molecule has 0 spiro atoms. The van der Waals surface area contributed by atoms with Crippen molar-refractivity contribution in [3.05, 3.63) is 0 Å². The molecule has 2 aliphatic carbocycles. The van der Waals surface area contributed by atoms with E-state index < -0.39 is 11.6 Å². The predicted molar refractivity (Wildman–Crippen MR) is 85.6 cm³/mol. The van der Waals surface area contributed by atoms with Crippen LogP contribution in [0.15, 0.2) is 0 Å². The third-order valence-electron chi connectivity index (χ3n) is 5.91. The van der Waals surface area contributed by atoms with Gasteiger partial charge in [-0.2, -0.15) is 0 Å². The number of nitrogens with one attached hydrogen (secondary N) is 1. The number of rotatable bonds is 4. The highest BCUT2D eigenvalue weighted by atomic mass is 16.2. The van der Waals surface area contributed by atoms with Gasteiger partial charge in [0.25, 0.3) is 5.91 Å². The van der Waals surface area contributed by atoms with E-state index in [-0.39, 0.29) is 30.3 Å². The van der Waals surface area contributed by atoms with E-state index in [9.17, 15) is 14.4 Å². The zero-order valence-electron chi connectivity index (χ0n) is 14.3. The first-order valence-electron chi connectivity index (χ1n) is 8.72. The van der Waals surface area contributed by atoms with E-state index in [0.717, 1.165) is 49.3 Å². The first-order chi connectivity index (χ1) is 10.8. The van der Waals surface area contributed by atoms with E-state index in [1.54, 1.807) is 18.9 Å². The second kappa shape index (κ2) is 5.80. The molecule has 23 heavy (non-hydrogen) atoms. The van der Waals surface area contributed by atoms with Crippen LogP contribution in [0.2, 0.25) is 0 Å². The topological polar surface area (TPSA) is 69.7 Å². The minimum Gasteiger partial charge on any atom is -0.341 e. The molecule has 2 saturated carbocycles. The largest absolute Gasteiger partial charge is 0.341 e. The molecule has 3 fully saturated rings. The molecule has 4 amide bonds. The van der Waals surface area contributed by atoms with Crippen LogP contribution in [0, 0.1) is 11.8 Å². The van der Waals surface area contributed by atoms with E-state index in [1.165, 1.54) is 0 Å². The summed E-state index contributed by atoms with van der Waals surface area (Å²) in [4.78, 5) is 40.1. The third-order valence-corrected chi connectivity index (χ3v) is 5.91. The molecule has 0 aromatic carbocycles. The minimum absolute atomic E-state index is 0.143. The van der Waals surface area contributed by atoms with Gasteiger partial charge in [-0.25, -0.2) is 4.79 Å². The Kier molecular flexibility index (Phi) is 4.10. The maximum Gasteiger partial charge on any atom is 0.325 e. The fraction of sp³-hybridized carbons (Fsp3) is 0.824. The molecule has 128 valence electrons. The Morgan fingerprint density at radius 2 is 1.83 bits per heavy atom. The Hall–Kier alpha value is -1.59. The summed E-state index contributed by atoms with van der Waals surface area (Å²) in [5.74, 6) is 0.550. The Bertz CT molecular complexity index is 523. The number of carbonyl (C=O) groups excluding carboxylic acids is 3. The molecule has 1 heterocycles. The van der Waals surface area contributed by atoms with E-state index in [0.29, 0.717) is 0 Å². The molecule has 0 aromatic heterocycles. The first-order valence-corrected chi connectivity index (χ1v) is 8.72. The summed E-state index contributed by atoms with van der Waals surface area (Å²) in [6.07, 6.45) is 6.19. The normalized spacial score (nSPS) is 34.5. The van der Waals surface area contributed by atoms with Crippen molar-refractivity contribution in [2.45, 2.75) is 64.0 Å². The summed E-state index contributed by atoms with van der Waals surface area (Å²) < 4.78 is 0. The number of imide groups is 1. The van der Waals surface area contributed by atoms with Crippen LogP contribution in [0.4, 0.5) is 4.79 Å². The van der Waals surface area contributed by atoms with E-state index >= 15 is 0 Å². The molecule has 3 aliphatic rings. The lowest BCUT2D eigenvalue weighted by Crippen LogP contribution is -2.48. The van der Waals surface area contributed by atoms with Crippen molar-refractivity contribution in [2.24, 2.45) is 11.8 Å². The molecule has 6 heteroatoms. The fourth-order valence-corrected chi connectivity index (χ4v) is 3.88. The van der Waals surface area contributed by atoms with E-state index in [1.807, 2.05) is 0 Å². The molecule has 0 radical (unpaired) electrons. The maximum atomic E-state index is 12.6. The highest BCUT2D eigenvalue weighted by Gasteiger charge is 2.56. The summed E-state index contributed by atoms with van der Waals surface area (Å²) in [6, 6.07) is -0.197. The summed E-state index contributed by atoms with van der Waals surface area (Å²) >= 11 is 0. The van der Waals surface area contributed by atoms with Crippen LogP contribution >= 0.6 is 0 Å². The van der Waals surface area contributed by atoms with Crippen LogP contribution < -0.4 is 5.32 Å².